The van der Waals surface area contributed by atoms with E-state index in [0.717, 1.165) is 38.2 Å². The maximum atomic E-state index is 13.1. The van der Waals surface area contributed by atoms with Gasteiger partial charge in [0.1, 0.15) is 11.6 Å². The van der Waals surface area contributed by atoms with Crippen LogP contribution < -0.4 is 5.73 Å². The van der Waals surface area contributed by atoms with E-state index in [9.17, 15) is 4.79 Å². The number of amides is 1. The number of carbonyl (C=O) groups is 1. The minimum Gasteiger partial charge on any atom is -0.384 e. The van der Waals surface area contributed by atoms with Crippen LogP contribution in [0, 0.1) is 17.3 Å². The van der Waals surface area contributed by atoms with E-state index in [-0.39, 0.29) is 11.3 Å². The molecule has 1 aliphatic carbocycles. The minimum absolute atomic E-state index is 0.190. The molecule has 1 aliphatic heterocycles. The Labute approximate surface area is 157 Å². The van der Waals surface area contributed by atoms with Gasteiger partial charge in [0.25, 0.3) is 0 Å². The van der Waals surface area contributed by atoms with E-state index in [2.05, 4.69) is 47.6 Å². The maximum Gasteiger partial charge on any atom is 0.225 e. The van der Waals surface area contributed by atoms with E-state index in [1.54, 1.807) is 12.3 Å². The number of nitrogens with zero attached hydrogens (tertiary/aromatic N) is 4. The Hall–Kier alpha value is -1.69. The predicted molar refractivity (Wildman–Crippen MR) is 103 cm³/mol. The fourth-order valence-electron chi connectivity index (χ4n) is 4.94. The fourth-order valence-corrected chi connectivity index (χ4v) is 4.94. The number of likely N-dealkylation sites (N-methyl/N-ethyl adjacent to an activating group) is 1. The molecule has 0 bridgehead atoms. The van der Waals surface area contributed by atoms with Gasteiger partial charge in [-0.15, -0.1) is 0 Å². The molecule has 6 nitrogen and oxygen atoms in total. The zero-order valence-electron chi connectivity index (χ0n) is 16.6. The van der Waals surface area contributed by atoms with Gasteiger partial charge in [-0.25, -0.2) is 9.97 Å². The summed E-state index contributed by atoms with van der Waals surface area (Å²) in [6.45, 7) is 9.21. The molecule has 1 saturated carbocycles. The SMILES string of the molecule is C[C@@H]1C[C@H](C(=O)N2CC[C@H](N(C)Cc3nccc(N)n3)C2)CC(C)(C)C1. The van der Waals surface area contributed by atoms with Crippen molar-refractivity contribution in [1.29, 1.82) is 0 Å². The maximum absolute atomic E-state index is 13.1. The topological polar surface area (TPSA) is 75.4 Å². The molecule has 2 aliphatic rings. The summed E-state index contributed by atoms with van der Waals surface area (Å²) >= 11 is 0. The van der Waals surface area contributed by atoms with E-state index in [0.29, 0.717) is 30.2 Å². The largest absolute Gasteiger partial charge is 0.384 e. The fraction of sp³-hybridized carbons (Fsp3) is 0.750. The van der Waals surface area contributed by atoms with Crippen molar-refractivity contribution in [2.24, 2.45) is 17.3 Å². The van der Waals surface area contributed by atoms with Crippen molar-refractivity contribution in [2.75, 3.05) is 25.9 Å². The molecule has 1 amide bonds. The van der Waals surface area contributed by atoms with Gasteiger partial charge in [0.15, 0.2) is 0 Å². The van der Waals surface area contributed by atoms with Crippen LogP contribution in [0.15, 0.2) is 12.3 Å². The lowest BCUT2D eigenvalue weighted by Crippen LogP contribution is -2.42. The summed E-state index contributed by atoms with van der Waals surface area (Å²) in [5.74, 6) is 2.42. The van der Waals surface area contributed by atoms with Crippen molar-refractivity contribution in [2.45, 2.75) is 59.0 Å². The second-order valence-corrected chi connectivity index (χ2v) is 9.15. The number of likely N-dealkylation sites (tertiary alicyclic amines) is 1. The summed E-state index contributed by atoms with van der Waals surface area (Å²) in [6, 6.07) is 2.06. The van der Waals surface area contributed by atoms with Gasteiger partial charge < -0.3 is 10.6 Å². The highest BCUT2D eigenvalue weighted by molar-refractivity contribution is 5.79. The Bertz CT molecular complexity index is 647. The number of nitrogens with two attached hydrogens (primary N) is 1. The Morgan fingerprint density at radius 1 is 1.42 bits per heavy atom. The number of rotatable bonds is 4. The molecule has 1 aromatic heterocycles. The molecule has 1 aromatic rings. The summed E-state index contributed by atoms with van der Waals surface area (Å²) in [5, 5.41) is 0. The first-order chi connectivity index (χ1) is 12.2. The summed E-state index contributed by atoms with van der Waals surface area (Å²) in [7, 11) is 2.08. The molecule has 144 valence electrons. The molecule has 2 heterocycles. The molecule has 3 atom stereocenters. The van der Waals surface area contributed by atoms with Crippen LogP contribution in [-0.4, -0.2) is 51.9 Å². The zero-order chi connectivity index (χ0) is 18.9. The monoisotopic (exact) mass is 359 g/mol. The summed E-state index contributed by atoms with van der Waals surface area (Å²) < 4.78 is 0. The summed E-state index contributed by atoms with van der Waals surface area (Å²) in [5.41, 5.74) is 6.02. The second kappa shape index (κ2) is 7.51. The Balaban J connectivity index is 1.56. The highest BCUT2D eigenvalue weighted by atomic mass is 16.2. The van der Waals surface area contributed by atoms with Gasteiger partial charge in [-0.1, -0.05) is 20.8 Å². The van der Waals surface area contributed by atoms with E-state index in [4.69, 9.17) is 5.73 Å². The van der Waals surface area contributed by atoms with Crippen LogP contribution in [-0.2, 0) is 11.3 Å². The lowest BCUT2D eigenvalue weighted by atomic mass is 9.67. The predicted octanol–water partition coefficient (Wildman–Crippen LogP) is 2.55. The number of hydrogen-bond acceptors (Lipinski definition) is 5. The summed E-state index contributed by atoms with van der Waals surface area (Å²) in [6.07, 6.45) is 5.99. The van der Waals surface area contributed by atoms with Crippen molar-refractivity contribution in [3.63, 3.8) is 0 Å². The van der Waals surface area contributed by atoms with Crippen LogP contribution in [0.25, 0.3) is 0 Å². The highest BCUT2D eigenvalue weighted by Gasteiger charge is 2.39. The number of carbonyl (C=O) groups excluding carboxylic acids is 1. The van der Waals surface area contributed by atoms with Crippen molar-refractivity contribution in [1.82, 2.24) is 19.8 Å². The van der Waals surface area contributed by atoms with Crippen molar-refractivity contribution in [3.8, 4) is 0 Å². The standard InChI is InChI=1S/C20H33N5O/c1-14-9-15(11-20(2,3)10-14)19(26)25-8-6-16(12-25)24(4)13-18-22-7-5-17(21)23-18/h5,7,14-16H,6,8-13H2,1-4H3,(H2,21,22,23)/t14-,15+,16+/m1/s1. The quantitative estimate of drug-likeness (QED) is 0.894. The van der Waals surface area contributed by atoms with Gasteiger partial charge in [0.2, 0.25) is 5.91 Å². The van der Waals surface area contributed by atoms with Crippen LogP contribution >= 0.6 is 0 Å². The highest BCUT2D eigenvalue weighted by Crippen LogP contribution is 2.42. The minimum atomic E-state index is 0.190. The van der Waals surface area contributed by atoms with Crippen molar-refractivity contribution < 1.29 is 4.79 Å². The average molecular weight is 360 g/mol. The average Bonchev–Trinajstić information content (AvgIpc) is 3.02. The van der Waals surface area contributed by atoms with Gasteiger partial charge in [0, 0.05) is 31.2 Å². The van der Waals surface area contributed by atoms with Crippen LogP contribution in [0.2, 0.25) is 0 Å². The second-order valence-electron chi connectivity index (χ2n) is 9.15. The zero-order valence-corrected chi connectivity index (χ0v) is 16.6. The van der Waals surface area contributed by atoms with Crippen LogP contribution in [0.3, 0.4) is 0 Å². The third-order valence-electron chi connectivity index (χ3n) is 5.95. The van der Waals surface area contributed by atoms with Crippen LogP contribution in [0.4, 0.5) is 5.82 Å². The molecule has 0 unspecified atom stereocenters. The number of aromatic nitrogens is 2. The van der Waals surface area contributed by atoms with Gasteiger partial charge in [-0.05, 0) is 50.1 Å². The lowest BCUT2D eigenvalue weighted by molar-refractivity contribution is -0.137. The van der Waals surface area contributed by atoms with Gasteiger partial charge in [-0.2, -0.15) is 0 Å². The molecule has 0 spiro atoms. The normalized spacial score (nSPS) is 28.5. The van der Waals surface area contributed by atoms with E-state index in [1.807, 2.05) is 0 Å². The number of hydrogen-bond donors (Lipinski definition) is 1. The molecule has 2 fully saturated rings. The van der Waals surface area contributed by atoms with E-state index < -0.39 is 0 Å². The smallest absolute Gasteiger partial charge is 0.225 e. The van der Waals surface area contributed by atoms with E-state index >= 15 is 0 Å². The first kappa shape index (κ1) is 19.1. The molecule has 26 heavy (non-hydrogen) atoms. The molecule has 0 radical (unpaired) electrons. The van der Waals surface area contributed by atoms with Gasteiger partial charge in [-0.3, -0.25) is 9.69 Å². The molecule has 3 rings (SSSR count). The van der Waals surface area contributed by atoms with Gasteiger partial charge in [0.05, 0.1) is 6.54 Å². The van der Waals surface area contributed by atoms with Crippen molar-refractivity contribution in [3.05, 3.63) is 18.1 Å². The van der Waals surface area contributed by atoms with Crippen LogP contribution in [0.1, 0.15) is 52.3 Å². The lowest BCUT2D eigenvalue weighted by Gasteiger charge is -2.39. The molecular weight excluding hydrogens is 326 g/mol. The molecule has 0 aromatic carbocycles. The number of anilines is 1. The van der Waals surface area contributed by atoms with Gasteiger partial charge >= 0.3 is 0 Å². The van der Waals surface area contributed by atoms with Crippen molar-refractivity contribution >= 4 is 11.7 Å². The Morgan fingerprint density at radius 3 is 2.88 bits per heavy atom. The molecule has 1 saturated heterocycles. The Morgan fingerprint density at radius 2 is 2.19 bits per heavy atom. The summed E-state index contributed by atoms with van der Waals surface area (Å²) in [4.78, 5) is 26.0. The van der Waals surface area contributed by atoms with E-state index in [1.165, 1.54) is 6.42 Å². The first-order valence-corrected chi connectivity index (χ1v) is 9.80. The Kier molecular flexibility index (Phi) is 5.51. The third-order valence-corrected chi connectivity index (χ3v) is 5.95. The van der Waals surface area contributed by atoms with Crippen LogP contribution in [0.5, 0.6) is 0 Å². The third kappa shape index (κ3) is 4.53. The molecular formula is C20H33N5O. The number of nitrogen functional groups attached to an aromatic ring is 1. The molecule has 6 heteroatoms. The first-order valence-electron chi connectivity index (χ1n) is 9.80. The molecule has 2 N–H and O–H groups in total.